The molecule has 1 aliphatic carbocycles. The zero-order valence-corrected chi connectivity index (χ0v) is 19.0. The number of carbonyl (C=O) groups is 4. The van der Waals surface area contributed by atoms with Crippen molar-refractivity contribution in [2.24, 2.45) is 5.92 Å². The molecule has 5 amide bonds. The van der Waals surface area contributed by atoms with Gasteiger partial charge in [0.15, 0.2) is 0 Å². The minimum Gasteiger partial charge on any atom is -0.324 e. The standard InChI is InChI=1S/C22H28F3N5O4/c1-3-29(12-17(31)26-16-7-5-4-6-15(16)22(23,24)25)13-18(32)28-30-19(33)21(27-20(30)34)10-8-14(2)9-11-21/h4-7,14H,3,8-13H2,1-2H3,(H,26,31)(H,27,34)(H,28,32). The lowest BCUT2D eigenvalue weighted by atomic mass is 9.77. The average Bonchev–Trinajstić information content (AvgIpc) is 2.99. The van der Waals surface area contributed by atoms with Crippen LogP contribution in [0.5, 0.6) is 0 Å². The van der Waals surface area contributed by atoms with Gasteiger partial charge in [-0.25, -0.2) is 4.79 Å². The third-order valence-electron chi connectivity index (χ3n) is 6.21. The highest BCUT2D eigenvalue weighted by Gasteiger charge is 2.52. The van der Waals surface area contributed by atoms with Gasteiger partial charge >= 0.3 is 12.2 Å². The van der Waals surface area contributed by atoms with E-state index in [2.05, 4.69) is 23.0 Å². The Labute approximate surface area is 195 Å². The molecule has 1 heterocycles. The topological polar surface area (TPSA) is 111 Å². The number of urea groups is 1. The second kappa shape index (κ2) is 10.00. The van der Waals surface area contributed by atoms with Crippen LogP contribution in [0.2, 0.25) is 0 Å². The predicted molar refractivity (Wildman–Crippen MR) is 116 cm³/mol. The highest BCUT2D eigenvalue weighted by molar-refractivity contribution is 6.08. The largest absolute Gasteiger partial charge is 0.418 e. The van der Waals surface area contributed by atoms with Crippen LogP contribution in [0.1, 0.15) is 45.1 Å². The summed E-state index contributed by atoms with van der Waals surface area (Å²) in [4.78, 5) is 51.4. The van der Waals surface area contributed by atoms with Crippen molar-refractivity contribution >= 4 is 29.4 Å². The van der Waals surface area contributed by atoms with Gasteiger partial charge in [0.25, 0.3) is 11.8 Å². The minimum atomic E-state index is -4.63. The lowest BCUT2D eigenvalue weighted by Gasteiger charge is -2.33. The smallest absolute Gasteiger partial charge is 0.324 e. The minimum absolute atomic E-state index is 0.226. The number of nitrogens with zero attached hydrogens (tertiary/aromatic N) is 2. The summed E-state index contributed by atoms with van der Waals surface area (Å²) in [5.41, 5.74) is -0.0787. The molecule has 1 saturated carbocycles. The van der Waals surface area contributed by atoms with E-state index in [1.165, 1.54) is 17.0 Å². The molecule has 2 fully saturated rings. The Kier molecular flexibility index (Phi) is 7.49. The van der Waals surface area contributed by atoms with E-state index < -0.39 is 41.0 Å². The van der Waals surface area contributed by atoms with Gasteiger partial charge in [0.2, 0.25) is 5.91 Å². The van der Waals surface area contributed by atoms with E-state index in [0.29, 0.717) is 23.8 Å². The summed E-state index contributed by atoms with van der Waals surface area (Å²) in [7, 11) is 0. The van der Waals surface area contributed by atoms with Crippen molar-refractivity contribution < 1.29 is 32.3 Å². The number of nitrogens with one attached hydrogen (secondary N) is 3. The second-order valence-electron chi connectivity index (χ2n) is 8.77. The Morgan fingerprint density at radius 3 is 2.38 bits per heavy atom. The highest BCUT2D eigenvalue weighted by Crippen LogP contribution is 2.36. The molecule has 3 N–H and O–H groups in total. The number of alkyl halides is 3. The number of halogens is 3. The molecule has 3 rings (SSSR count). The van der Waals surface area contributed by atoms with Gasteiger partial charge in [-0.2, -0.15) is 18.2 Å². The van der Waals surface area contributed by atoms with Gasteiger partial charge in [-0.3, -0.25) is 24.7 Å². The van der Waals surface area contributed by atoms with Crippen molar-refractivity contribution in [1.82, 2.24) is 20.7 Å². The number of amides is 5. The first kappa shape index (κ1) is 25.5. The fraction of sp³-hybridized carbons (Fsp3) is 0.545. The SMILES string of the molecule is CCN(CC(=O)Nc1ccccc1C(F)(F)F)CC(=O)NN1C(=O)NC2(CCC(C)CC2)C1=O. The maximum absolute atomic E-state index is 13.1. The number of hydrogen-bond donors (Lipinski definition) is 3. The van der Waals surface area contributed by atoms with Crippen molar-refractivity contribution in [3.63, 3.8) is 0 Å². The van der Waals surface area contributed by atoms with Crippen LogP contribution >= 0.6 is 0 Å². The summed E-state index contributed by atoms with van der Waals surface area (Å²) >= 11 is 0. The molecule has 0 aromatic heterocycles. The maximum Gasteiger partial charge on any atom is 0.418 e. The molecular formula is C22H28F3N5O4. The summed E-state index contributed by atoms with van der Waals surface area (Å²) in [6.45, 7) is 3.26. The number of para-hydroxylation sites is 1. The molecule has 186 valence electrons. The van der Waals surface area contributed by atoms with Crippen molar-refractivity contribution in [2.45, 2.75) is 51.2 Å². The van der Waals surface area contributed by atoms with E-state index in [-0.39, 0.29) is 25.3 Å². The van der Waals surface area contributed by atoms with Crippen molar-refractivity contribution in [1.29, 1.82) is 0 Å². The van der Waals surface area contributed by atoms with Crippen LogP contribution in [-0.4, -0.2) is 58.8 Å². The number of hydrazine groups is 1. The molecule has 0 bridgehead atoms. The Balaban J connectivity index is 1.57. The third kappa shape index (κ3) is 5.66. The monoisotopic (exact) mass is 483 g/mol. The number of carbonyl (C=O) groups excluding carboxylic acids is 4. The Bertz CT molecular complexity index is 960. The fourth-order valence-electron chi connectivity index (χ4n) is 4.19. The van der Waals surface area contributed by atoms with E-state index >= 15 is 0 Å². The van der Waals surface area contributed by atoms with Crippen molar-refractivity contribution in [3.05, 3.63) is 29.8 Å². The van der Waals surface area contributed by atoms with Crippen molar-refractivity contribution in [2.75, 3.05) is 25.0 Å². The fourth-order valence-corrected chi connectivity index (χ4v) is 4.19. The molecule has 1 spiro atoms. The van der Waals surface area contributed by atoms with Gasteiger partial charge in [0, 0.05) is 0 Å². The Morgan fingerprint density at radius 2 is 1.76 bits per heavy atom. The van der Waals surface area contributed by atoms with Gasteiger partial charge < -0.3 is 10.6 Å². The summed E-state index contributed by atoms with van der Waals surface area (Å²) < 4.78 is 39.4. The van der Waals surface area contributed by atoms with Crippen LogP contribution < -0.4 is 16.1 Å². The first-order valence-corrected chi connectivity index (χ1v) is 11.1. The lowest BCUT2D eigenvalue weighted by molar-refractivity contribution is -0.140. The number of hydrogen-bond acceptors (Lipinski definition) is 5. The van der Waals surface area contributed by atoms with Crippen LogP contribution in [0, 0.1) is 5.92 Å². The van der Waals surface area contributed by atoms with Crippen LogP contribution in [0.3, 0.4) is 0 Å². The molecule has 1 aliphatic heterocycles. The molecule has 34 heavy (non-hydrogen) atoms. The molecule has 0 radical (unpaired) electrons. The molecule has 0 atom stereocenters. The summed E-state index contributed by atoms with van der Waals surface area (Å²) in [6, 6.07) is 3.88. The van der Waals surface area contributed by atoms with E-state index in [0.717, 1.165) is 25.0 Å². The maximum atomic E-state index is 13.1. The van der Waals surface area contributed by atoms with Gasteiger partial charge in [-0.1, -0.05) is 26.0 Å². The van der Waals surface area contributed by atoms with Gasteiger partial charge in [0.1, 0.15) is 5.54 Å². The predicted octanol–water partition coefficient (Wildman–Crippen LogP) is 2.50. The summed E-state index contributed by atoms with van der Waals surface area (Å²) in [5, 5.41) is 5.59. The van der Waals surface area contributed by atoms with Crippen LogP contribution in [-0.2, 0) is 20.6 Å². The van der Waals surface area contributed by atoms with Gasteiger partial charge in [0.05, 0.1) is 24.3 Å². The molecule has 9 nitrogen and oxygen atoms in total. The molecule has 0 unspecified atom stereocenters. The van der Waals surface area contributed by atoms with Crippen LogP contribution in [0.15, 0.2) is 24.3 Å². The molecule has 1 aromatic rings. The summed E-state index contributed by atoms with van der Waals surface area (Å²) in [6.07, 6.45) is -2.09. The van der Waals surface area contributed by atoms with E-state index in [4.69, 9.17) is 0 Å². The number of likely N-dealkylation sites (N-methyl/N-ethyl adjacent to an activating group) is 1. The number of imide groups is 1. The summed E-state index contributed by atoms with van der Waals surface area (Å²) in [5.74, 6) is -1.50. The van der Waals surface area contributed by atoms with Crippen LogP contribution in [0.25, 0.3) is 0 Å². The zero-order valence-electron chi connectivity index (χ0n) is 19.0. The lowest BCUT2D eigenvalue weighted by Crippen LogP contribution is -2.53. The number of rotatable bonds is 7. The second-order valence-corrected chi connectivity index (χ2v) is 8.77. The van der Waals surface area contributed by atoms with E-state index in [1.54, 1.807) is 6.92 Å². The quantitative estimate of drug-likeness (QED) is 0.516. The third-order valence-corrected chi connectivity index (χ3v) is 6.21. The average molecular weight is 483 g/mol. The Hall–Kier alpha value is -3.15. The van der Waals surface area contributed by atoms with Gasteiger partial charge in [-0.05, 0) is 50.3 Å². The van der Waals surface area contributed by atoms with Crippen LogP contribution in [0.4, 0.5) is 23.7 Å². The highest BCUT2D eigenvalue weighted by atomic mass is 19.4. The van der Waals surface area contributed by atoms with Crippen molar-refractivity contribution in [3.8, 4) is 0 Å². The number of benzene rings is 1. The van der Waals surface area contributed by atoms with E-state index in [9.17, 15) is 32.3 Å². The molecule has 12 heteroatoms. The Morgan fingerprint density at radius 1 is 1.15 bits per heavy atom. The molecule has 2 aliphatic rings. The molecule has 1 saturated heterocycles. The number of anilines is 1. The molecule has 1 aromatic carbocycles. The first-order chi connectivity index (χ1) is 15.9. The zero-order chi connectivity index (χ0) is 25.1. The van der Waals surface area contributed by atoms with Gasteiger partial charge in [-0.15, -0.1) is 0 Å². The molecular weight excluding hydrogens is 455 g/mol. The first-order valence-electron chi connectivity index (χ1n) is 11.1. The normalized spacial score (nSPS) is 22.8. The van der Waals surface area contributed by atoms with E-state index in [1.807, 2.05) is 0 Å².